The number of aromatic hydroxyl groups is 1. The normalized spacial score (nSPS) is 10.2. The number of ether oxygens (including phenoxy) is 1. The molecule has 17 heavy (non-hydrogen) atoms. The average molecular weight is 414 g/mol. The molecule has 4 nitrogen and oxygen atoms in total. The number of amides is 1. The molecule has 6 heteroatoms. The topological polar surface area (TPSA) is 58.6 Å². The number of phenolic OH excluding ortho intramolecular Hbond substituents is 1. The second-order valence-corrected chi connectivity index (χ2v) is 5.26. The van der Waals surface area contributed by atoms with Crippen molar-refractivity contribution in [2.75, 3.05) is 25.1 Å². The Kier molecular flexibility index (Phi) is 6.83. The van der Waals surface area contributed by atoms with Gasteiger partial charge < -0.3 is 15.2 Å². The SMILES string of the molecule is O=C(NCCOCCBr)c1cc(I)ccc1O. The molecule has 0 aromatic heterocycles. The molecule has 0 aliphatic heterocycles. The van der Waals surface area contributed by atoms with Crippen LogP contribution < -0.4 is 5.32 Å². The van der Waals surface area contributed by atoms with Gasteiger partial charge in [-0.05, 0) is 40.8 Å². The third-order valence-corrected chi connectivity index (χ3v) is 2.95. The van der Waals surface area contributed by atoms with Gasteiger partial charge >= 0.3 is 0 Å². The van der Waals surface area contributed by atoms with Crippen LogP contribution in [0.1, 0.15) is 10.4 Å². The van der Waals surface area contributed by atoms with E-state index in [1.165, 1.54) is 6.07 Å². The zero-order valence-corrected chi connectivity index (χ0v) is 12.8. The van der Waals surface area contributed by atoms with Crippen LogP contribution in [0, 0.1) is 3.57 Å². The van der Waals surface area contributed by atoms with Crippen LogP contribution in [0.25, 0.3) is 0 Å². The third kappa shape index (κ3) is 5.22. The van der Waals surface area contributed by atoms with E-state index < -0.39 is 0 Å². The summed E-state index contributed by atoms with van der Waals surface area (Å²) < 4.78 is 6.10. The lowest BCUT2D eigenvalue weighted by Gasteiger charge is -2.07. The summed E-state index contributed by atoms with van der Waals surface area (Å²) in [7, 11) is 0. The van der Waals surface area contributed by atoms with Crippen LogP contribution in [0.3, 0.4) is 0 Å². The van der Waals surface area contributed by atoms with Crippen molar-refractivity contribution in [1.29, 1.82) is 0 Å². The molecule has 0 bridgehead atoms. The summed E-state index contributed by atoms with van der Waals surface area (Å²) in [5.74, 6) is -0.298. The summed E-state index contributed by atoms with van der Waals surface area (Å²) in [6.07, 6.45) is 0. The quantitative estimate of drug-likeness (QED) is 0.426. The molecule has 0 unspecified atom stereocenters. The standard InChI is InChI=1S/C11H13BrINO3/c12-3-5-17-6-4-14-11(16)9-7-8(13)1-2-10(9)15/h1-2,7,15H,3-6H2,(H,14,16). The smallest absolute Gasteiger partial charge is 0.255 e. The summed E-state index contributed by atoms with van der Waals surface area (Å²) in [6, 6.07) is 4.90. The van der Waals surface area contributed by atoms with Crippen LogP contribution in [0.2, 0.25) is 0 Å². The molecular formula is C11H13BrINO3. The molecular weight excluding hydrogens is 401 g/mol. The Morgan fingerprint density at radius 3 is 2.94 bits per heavy atom. The number of phenols is 1. The van der Waals surface area contributed by atoms with Crippen LogP contribution >= 0.6 is 38.5 Å². The molecule has 0 heterocycles. The van der Waals surface area contributed by atoms with Gasteiger partial charge in [0.2, 0.25) is 0 Å². The van der Waals surface area contributed by atoms with Crippen LogP contribution in [-0.4, -0.2) is 36.1 Å². The monoisotopic (exact) mass is 413 g/mol. The fraction of sp³-hybridized carbons (Fsp3) is 0.364. The first-order valence-corrected chi connectivity index (χ1v) is 7.25. The number of hydrogen-bond acceptors (Lipinski definition) is 3. The minimum atomic E-state index is -0.288. The first-order chi connectivity index (χ1) is 8.15. The molecule has 0 radical (unpaired) electrons. The second kappa shape index (κ2) is 7.88. The maximum absolute atomic E-state index is 11.7. The van der Waals surface area contributed by atoms with E-state index in [2.05, 4.69) is 43.8 Å². The van der Waals surface area contributed by atoms with E-state index in [1.807, 2.05) is 0 Å². The van der Waals surface area contributed by atoms with E-state index >= 15 is 0 Å². The highest BCUT2D eigenvalue weighted by Gasteiger charge is 2.10. The zero-order valence-electron chi connectivity index (χ0n) is 9.08. The van der Waals surface area contributed by atoms with Crippen molar-refractivity contribution in [3.8, 4) is 5.75 Å². The van der Waals surface area contributed by atoms with Gasteiger partial charge in [0.05, 0.1) is 18.8 Å². The first-order valence-electron chi connectivity index (χ1n) is 5.05. The Balaban J connectivity index is 2.44. The minimum absolute atomic E-state index is 0.00991. The summed E-state index contributed by atoms with van der Waals surface area (Å²) in [6.45, 7) is 1.50. The summed E-state index contributed by atoms with van der Waals surface area (Å²) in [5, 5.41) is 13.0. The van der Waals surface area contributed by atoms with Crippen LogP contribution in [0.4, 0.5) is 0 Å². The van der Waals surface area contributed by atoms with Crippen molar-refractivity contribution in [3.63, 3.8) is 0 Å². The van der Waals surface area contributed by atoms with E-state index in [0.717, 1.165) is 8.90 Å². The molecule has 1 aromatic rings. The fourth-order valence-electron chi connectivity index (χ4n) is 1.18. The summed E-state index contributed by atoms with van der Waals surface area (Å²) >= 11 is 5.33. The predicted molar refractivity (Wildman–Crippen MR) is 77.8 cm³/mol. The Morgan fingerprint density at radius 1 is 1.47 bits per heavy atom. The molecule has 0 fully saturated rings. The lowest BCUT2D eigenvalue weighted by atomic mass is 10.2. The van der Waals surface area contributed by atoms with E-state index in [9.17, 15) is 9.90 Å². The molecule has 0 aliphatic carbocycles. The Bertz CT molecular complexity index is 387. The largest absolute Gasteiger partial charge is 0.507 e. The molecule has 0 aliphatic rings. The van der Waals surface area contributed by atoms with Gasteiger partial charge in [-0.15, -0.1) is 0 Å². The van der Waals surface area contributed by atoms with Gasteiger partial charge in [0.1, 0.15) is 5.75 Å². The summed E-state index contributed by atoms with van der Waals surface area (Å²) in [4.78, 5) is 11.7. The van der Waals surface area contributed by atoms with Gasteiger partial charge in [0.25, 0.3) is 5.91 Å². The highest BCUT2D eigenvalue weighted by atomic mass is 127. The molecule has 0 spiro atoms. The second-order valence-electron chi connectivity index (χ2n) is 3.22. The van der Waals surface area contributed by atoms with E-state index in [0.29, 0.717) is 19.8 Å². The molecule has 0 atom stereocenters. The van der Waals surface area contributed by atoms with Gasteiger partial charge in [0, 0.05) is 15.4 Å². The number of alkyl halides is 1. The van der Waals surface area contributed by atoms with Gasteiger partial charge in [0.15, 0.2) is 0 Å². The predicted octanol–water partition coefficient (Wildman–Crippen LogP) is 2.14. The number of benzene rings is 1. The number of carbonyl (C=O) groups excluding carboxylic acids is 1. The number of halogens is 2. The van der Waals surface area contributed by atoms with Crippen LogP contribution in [0.15, 0.2) is 18.2 Å². The molecule has 0 saturated carbocycles. The number of carbonyl (C=O) groups is 1. The molecule has 1 amide bonds. The molecule has 2 N–H and O–H groups in total. The molecule has 1 rings (SSSR count). The van der Waals surface area contributed by atoms with E-state index in [1.54, 1.807) is 12.1 Å². The van der Waals surface area contributed by atoms with Crippen LogP contribution in [-0.2, 0) is 4.74 Å². The van der Waals surface area contributed by atoms with Crippen molar-refractivity contribution < 1.29 is 14.6 Å². The molecule has 94 valence electrons. The van der Waals surface area contributed by atoms with E-state index in [4.69, 9.17) is 4.74 Å². The highest BCUT2D eigenvalue weighted by Crippen LogP contribution is 2.19. The molecule has 1 aromatic carbocycles. The van der Waals surface area contributed by atoms with Gasteiger partial charge in [-0.2, -0.15) is 0 Å². The number of hydrogen-bond donors (Lipinski definition) is 2. The Morgan fingerprint density at radius 2 is 2.24 bits per heavy atom. The maximum atomic E-state index is 11.7. The van der Waals surface area contributed by atoms with Gasteiger partial charge in [-0.25, -0.2) is 0 Å². The Labute approximate surface area is 122 Å². The van der Waals surface area contributed by atoms with Crippen molar-refractivity contribution in [2.24, 2.45) is 0 Å². The first kappa shape index (κ1) is 14.7. The maximum Gasteiger partial charge on any atom is 0.255 e. The minimum Gasteiger partial charge on any atom is -0.507 e. The highest BCUT2D eigenvalue weighted by molar-refractivity contribution is 14.1. The molecule has 0 saturated heterocycles. The summed E-state index contributed by atoms with van der Waals surface area (Å²) in [5.41, 5.74) is 0.289. The average Bonchev–Trinajstić information content (AvgIpc) is 2.32. The lowest BCUT2D eigenvalue weighted by Crippen LogP contribution is -2.27. The van der Waals surface area contributed by atoms with Gasteiger partial charge in [-0.1, -0.05) is 15.9 Å². The van der Waals surface area contributed by atoms with Crippen molar-refractivity contribution >= 4 is 44.4 Å². The Hall–Kier alpha value is -0.340. The fourth-order valence-corrected chi connectivity index (χ4v) is 1.90. The van der Waals surface area contributed by atoms with Crippen molar-refractivity contribution in [2.45, 2.75) is 0 Å². The van der Waals surface area contributed by atoms with Gasteiger partial charge in [-0.3, -0.25) is 4.79 Å². The van der Waals surface area contributed by atoms with Crippen molar-refractivity contribution in [3.05, 3.63) is 27.3 Å². The van der Waals surface area contributed by atoms with Crippen LogP contribution in [0.5, 0.6) is 5.75 Å². The zero-order chi connectivity index (χ0) is 12.7. The lowest BCUT2D eigenvalue weighted by molar-refractivity contribution is 0.0921. The third-order valence-electron chi connectivity index (χ3n) is 1.96. The number of rotatable bonds is 6. The van der Waals surface area contributed by atoms with Crippen molar-refractivity contribution in [1.82, 2.24) is 5.32 Å². The van der Waals surface area contributed by atoms with E-state index in [-0.39, 0.29) is 17.2 Å². The number of nitrogens with one attached hydrogen (secondary N) is 1.